The molecule has 0 bridgehead atoms. The maximum absolute atomic E-state index is 12.2. The van der Waals surface area contributed by atoms with Crippen LogP contribution in [0.25, 0.3) is 6.08 Å². The molecule has 1 aromatic rings. The van der Waals surface area contributed by atoms with Crippen LogP contribution in [0.4, 0.5) is 0 Å². The van der Waals surface area contributed by atoms with Crippen LogP contribution in [0.3, 0.4) is 0 Å². The Morgan fingerprint density at radius 3 is 2.76 bits per heavy atom. The number of carbonyl (C=O) groups excluding carboxylic acids is 1. The first kappa shape index (κ1) is 17.6. The van der Waals surface area contributed by atoms with Gasteiger partial charge in [0.15, 0.2) is 21.3 Å². The fraction of sp³-hybridized carbons (Fsp3) is 0.471. The topological polar surface area (TPSA) is 90.9 Å². The van der Waals surface area contributed by atoms with Gasteiger partial charge in [-0.2, -0.15) is 0 Å². The average Bonchev–Trinajstić information content (AvgIpc) is 2.85. The van der Waals surface area contributed by atoms with Crippen LogP contribution in [0.5, 0.6) is 17.2 Å². The average molecular weight is 367 g/mol. The molecule has 25 heavy (non-hydrogen) atoms. The molecule has 136 valence electrons. The van der Waals surface area contributed by atoms with Crippen molar-refractivity contribution in [3.8, 4) is 17.2 Å². The van der Waals surface area contributed by atoms with Crippen molar-refractivity contribution in [2.45, 2.75) is 18.9 Å². The first-order valence-electron chi connectivity index (χ1n) is 7.99. The first-order valence-corrected chi connectivity index (χ1v) is 9.81. The maximum Gasteiger partial charge on any atom is 0.244 e. The van der Waals surface area contributed by atoms with Crippen LogP contribution in [0.2, 0.25) is 0 Å². The molecule has 2 heterocycles. The monoisotopic (exact) mass is 367 g/mol. The predicted octanol–water partition coefficient (Wildman–Crippen LogP) is 1.17. The highest BCUT2D eigenvalue weighted by molar-refractivity contribution is 7.91. The molecule has 1 atom stereocenters. The van der Waals surface area contributed by atoms with Gasteiger partial charge in [-0.25, -0.2) is 8.42 Å². The lowest BCUT2D eigenvalue weighted by Crippen LogP contribution is -2.46. The number of amides is 1. The van der Waals surface area contributed by atoms with Crippen LogP contribution in [-0.4, -0.2) is 51.7 Å². The van der Waals surface area contributed by atoms with Gasteiger partial charge >= 0.3 is 0 Å². The van der Waals surface area contributed by atoms with Gasteiger partial charge in [0.1, 0.15) is 13.2 Å². The van der Waals surface area contributed by atoms with E-state index in [9.17, 15) is 13.2 Å². The van der Waals surface area contributed by atoms with Crippen molar-refractivity contribution in [2.24, 2.45) is 0 Å². The summed E-state index contributed by atoms with van der Waals surface area (Å²) in [6.45, 7) is 2.66. The molecule has 0 radical (unpaired) electrons. The molecule has 0 aliphatic carbocycles. The van der Waals surface area contributed by atoms with Gasteiger partial charge < -0.3 is 19.5 Å². The molecule has 1 saturated heterocycles. The van der Waals surface area contributed by atoms with E-state index in [1.165, 1.54) is 13.2 Å². The molecule has 2 aliphatic heterocycles. The van der Waals surface area contributed by atoms with Gasteiger partial charge in [-0.3, -0.25) is 4.79 Å². The third-order valence-electron chi connectivity index (χ3n) is 4.21. The number of rotatable bonds is 4. The fourth-order valence-electron chi connectivity index (χ4n) is 3.01. The summed E-state index contributed by atoms with van der Waals surface area (Å²) in [6, 6.07) is 3.52. The Balaban J connectivity index is 1.72. The minimum absolute atomic E-state index is 0.0303. The highest BCUT2D eigenvalue weighted by Crippen LogP contribution is 2.40. The molecule has 0 aromatic heterocycles. The summed E-state index contributed by atoms with van der Waals surface area (Å²) in [4.78, 5) is 12.2. The molecule has 1 aromatic carbocycles. The lowest BCUT2D eigenvalue weighted by Gasteiger charge is -2.23. The van der Waals surface area contributed by atoms with Gasteiger partial charge in [0.05, 0.1) is 24.2 Å². The number of sulfone groups is 1. The van der Waals surface area contributed by atoms with Crippen molar-refractivity contribution in [1.82, 2.24) is 5.32 Å². The molecule has 1 amide bonds. The second-order valence-electron chi connectivity index (χ2n) is 6.47. The number of fused-ring (bicyclic) bond motifs is 1. The number of hydrogen-bond donors (Lipinski definition) is 1. The highest BCUT2D eigenvalue weighted by Gasteiger charge is 2.39. The minimum atomic E-state index is -3.07. The Kier molecular flexibility index (Phi) is 4.64. The second-order valence-corrected chi connectivity index (χ2v) is 8.66. The Bertz CT molecular complexity index is 799. The van der Waals surface area contributed by atoms with E-state index in [1.807, 2.05) is 0 Å². The molecular weight excluding hydrogens is 346 g/mol. The van der Waals surface area contributed by atoms with Gasteiger partial charge in [0.2, 0.25) is 11.7 Å². The molecule has 7 nitrogen and oxygen atoms in total. The molecule has 0 saturated carbocycles. The van der Waals surface area contributed by atoms with Gasteiger partial charge in [0, 0.05) is 6.08 Å². The van der Waals surface area contributed by atoms with Crippen LogP contribution in [0, 0.1) is 0 Å². The Morgan fingerprint density at radius 2 is 2.08 bits per heavy atom. The van der Waals surface area contributed by atoms with Gasteiger partial charge in [-0.1, -0.05) is 0 Å². The normalized spacial score (nSPS) is 24.2. The van der Waals surface area contributed by atoms with E-state index in [2.05, 4.69) is 5.32 Å². The van der Waals surface area contributed by atoms with Crippen LogP contribution >= 0.6 is 0 Å². The standard InChI is InChI=1S/C17H21NO6S/c1-17(5-8-25(20,21)11-17)18-15(19)4-3-12-9-13(22-2)16-14(10-12)23-6-7-24-16/h3-4,9-10H,5-8,11H2,1-2H3,(H,18,19). The van der Waals surface area contributed by atoms with Crippen molar-refractivity contribution < 1.29 is 27.4 Å². The third kappa shape index (κ3) is 4.07. The SMILES string of the molecule is COc1cc(C=CC(=O)NC2(C)CCS(=O)(=O)C2)cc2c1OCCO2. The lowest BCUT2D eigenvalue weighted by atomic mass is 10.0. The van der Waals surface area contributed by atoms with Crippen LogP contribution in [0.1, 0.15) is 18.9 Å². The number of benzene rings is 1. The van der Waals surface area contributed by atoms with Crippen molar-refractivity contribution in [3.05, 3.63) is 23.8 Å². The molecular formula is C17H21NO6S. The molecule has 0 spiro atoms. The number of nitrogens with one attached hydrogen (secondary N) is 1. The summed E-state index contributed by atoms with van der Waals surface area (Å²) in [6.07, 6.45) is 3.43. The van der Waals surface area contributed by atoms with Crippen molar-refractivity contribution >= 4 is 21.8 Å². The predicted molar refractivity (Wildman–Crippen MR) is 92.8 cm³/mol. The summed E-state index contributed by atoms with van der Waals surface area (Å²) in [5, 5.41) is 2.78. The van der Waals surface area contributed by atoms with Crippen LogP contribution in [0.15, 0.2) is 18.2 Å². The zero-order valence-electron chi connectivity index (χ0n) is 14.2. The quantitative estimate of drug-likeness (QED) is 0.804. The fourth-order valence-corrected chi connectivity index (χ4v) is 5.10. The van der Waals surface area contributed by atoms with E-state index in [-0.39, 0.29) is 17.4 Å². The zero-order valence-corrected chi connectivity index (χ0v) is 15.0. The van der Waals surface area contributed by atoms with E-state index < -0.39 is 15.4 Å². The molecule has 1 unspecified atom stereocenters. The highest BCUT2D eigenvalue weighted by atomic mass is 32.2. The van der Waals surface area contributed by atoms with Gasteiger partial charge in [0.25, 0.3) is 0 Å². The molecule has 2 aliphatic rings. The van der Waals surface area contributed by atoms with E-state index in [0.717, 1.165) is 5.56 Å². The van der Waals surface area contributed by atoms with E-state index in [1.54, 1.807) is 25.1 Å². The van der Waals surface area contributed by atoms with Gasteiger partial charge in [-0.05, 0) is 37.1 Å². The first-order chi connectivity index (χ1) is 11.8. The summed E-state index contributed by atoms with van der Waals surface area (Å²) in [5.74, 6) is 1.39. The van der Waals surface area contributed by atoms with E-state index in [0.29, 0.717) is 36.9 Å². The maximum atomic E-state index is 12.2. The second kappa shape index (κ2) is 6.59. The summed E-state index contributed by atoms with van der Waals surface area (Å²) in [7, 11) is -1.53. The molecule has 1 N–H and O–H groups in total. The Labute approximate surface area is 146 Å². The third-order valence-corrected chi connectivity index (χ3v) is 6.11. The largest absolute Gasteiger partial charge is 0.493 e. The molecule has 8 heteroatoms. The van der Waals surface area contributed by atoms with Crippen molar-refractivity contribution in [3.63, 3.8) is 0 Å². The molecule has 1 fully saturated rings. The molecule has 3 rings (SSSR count). The minimum Gasteiger partial charge on any atom is -0.493 e. The Hall–Kier alpha value is -2.22. The number of carbonyl (C=O) groups is 1. The summed E-state index contributed by atoms with van der Waals surface area (Å²) < 4.78 is 39.6. The summed E-state index contributed by atoms with van der Waals surface area (Å²) in [5.41, 5.74) is 0.00513. The number of hydrogen-bond acceptors (Lipinski definition) is 6. The van der Waals surface area contributed by atoms with Crippen molar-refractivity contribution in [1.29, 1.82) is 0 Å². The smallest absolute Gasteiger partial charge is 0.244 e. The number of methoxy groups -OCH3 is 1. The van der Waals surface area contributed by atoms with Crippen LogP contribution in [-0.2, 0) is 14.6 Å². The number of ether oxygens (including phenoxy) is 3. The van der Waals surface area contributed by atoms with Crippen LogP contribution < -0.4 is 19.5 Å². The lowest BCUT2D eigenvalue weighted by molar-refractivity contribution is -0.117. The summed E-state index contributed by atoms with van der Waals surface area (Å²) >= 11 is 0. The van der Waals surface area contributed by atoms with Gasteiger partial charge in [-0.15, -0.1) is 0 Å². The van der Waals surface area contributed by atoms with Crippen molar-refractivity contribution in [2.75, 3.05) is 31.8 Å². The van der Waals surface area contributed by atoms with E-state index in [4.69, 9.17) is 14.2 Å². The Morgan fingerprint density at radius 1 is 1.32 bits per heavy atom. The zero-order chi connectivity index (χ0) is 18.1. The van der Waals surface area contributed by atoms with E-state index >= 15 is 0 Å².